The maximum absolute atomic E-state index is 12.2. The fraction of sp³-hybridized carbons (Fsp3) is 0.444. The maximum atomic E-state index is 12.2. The van der Waals surface area contributed by atoms with Crippen molar-refractivity contribution in [3.63, 3.8) is 0 Å². The lowest BCUT2D eigenvalue weighted by molar-refractivity contribution is -0.121. The van der Waals surface area contributed by atoms with Crippen LogP contribution in [-0.2, 0) is 9.59 Å². The van der Waals surface area contributed by atoms with Crippen LogP contribution in [0.3, 0.4) is 0 Å². The summed E-state index contributed by atoms with van der Waals surface area (Å²) in [6, 6.07) is 6.72. The highest BCUT2D eigenvalue weighted by Gasteiger charge is 2.26. The Morgan fingerprint density at radius 2 is 2.04 bits per heavy atom. The first-order valence-corrected chi connectivity index (χ1v) is 8.78. The molecule has 0 radical (unpaired) electrons. The molecule has 25 heavy (non-hydrogen) atoms. The van der Waals surface area contributed by atoms with E-state index in [4.69, 9.17) is 0 Å². The van der Waals surface area contributed by atoms with E-state index in [1.165, 1.54) is 0 Å². The summed E-state index contributed by atoms with van der Waals surface area (Å²) in [5.74, 6) is -0.291. The first-order chi connectivity index (χ1) is 12.2. The van der Waals surface area contributed by atoms with Crippen LogP contribution in [0.25, 0.3) is 11.0 Å². The van der Waals surface area contributed by atoms with Gasteiger partial charge in [0.05, 0.1) is 0 Å². The van der Waals surface area contributed by atoms with E-state index in [1.807, 2.05) is 12.3 Å². The molecule has 1 fully saturated rings. The summed E-state index contributed by atoms with van der Waals surface area (Å²) in [7, 11) is 0. The molecule has 0 unspecified atom stereocenters. The zero-order valence-corrected chi connectivity index (χ0v) is 13.9. The molecule has 2 aromatic heterocycles. The fourth-order valence-electron chi connectivity index (χ4n) is 3.69. The van der Waals surface area contributed by atoms with Crippen LogP contribution in [0.5, 0.6) is 0 Å². The topological polar surface area (TPSA) is 88.4 Å². The molecule has 1 saturated carbocycles. The van der Waals surface area contributed by atoms with E-state index in [1.54, 1.807) is 0 Å². The van der Waals surface area contributed by atoms with Gasteiger partial charge in [-0.15, -0.1) is 0 Å². The van der Waals surface area contributed by atoms with Gasteiger partial charge in [0, 0.05) is 42.7 Å². The SMILES string of the molecule is O=C1CCC(C(=O)NC2CCC(n3ccc4cccnc43)CC2)=NN1. The van der Waals surface area contributed by atoms with Gasteiger partial charge in [0.2, 0.25) is 5.91 Å². The molecular formula is C18H21N5O2. The number of hydrogen-bond donors (Lipinski definition) is 2. The Balaban J connectivity index is 1.35. The standard InChI is InChI=1S/C18H21N5O2/c24-16-8-7-15(21-22-16)18(25)20-13-3-5-14(6-4-13)23-11-9-12-2-1-10-19-17(12)23/h1-2,9-11,13-14H,3-8H2,(H,20,25)(H,22,24). The Morgan fingerprint density at radius 1 is 1.20 bits per heavy atom. The van der Waals surface area contributed by atoms with Gasteiger partial charge in [-0.2, -0.15) is 5.10 Å². The van der Waals surface area contributed by atoms with Crippen LogP contribution in [0, 0.1) is 0 Å². The van der Waals surface area contributed by atoms with E-state index >= 15 is 0 Å². The minimum atomic E-state index is -0.156. The lowest BCUT2D eigenvalue weighted by Crippen LogP contribution is -2.43. The van der Waals surface area contributed by atoms with Gasteiger partial charge in [-0.3, -0.25) is 9.59 Å². The minimum Gasteiger partial charge on any atom is -0.348 e. The molecule has 0 bridgehead atoms. The quantitative estimate of drug-likeness (QED) is 0.895. The van der Waals surface area contributed by atoms with Crippen molar-refractivity contribution in [2.45, 2.75) is 50.6 Å². The second-order valence-corrected chi connectivity index (χ2v) is 6.71. The van der Waals surface area contributed by atoms with E-state index in [2.05, 4.69) is 43.7 Å². The summed E-state index contributed by atoms with van der Waals surface area (Å²) in [4.78, 5) is 27.8. The van der Waals surface area contributed by atoms with Crippen molar-refractivity contribution in [1.29, 1.82) is 0 Å². The van der Waals surface area contributed by atoms with Crippen molar-refractivity contribution in [2.75, 3.05) is 0 Å². The molecule has 130 valence electrons. The molecule has 2 aliphatic rings. The van der Waals surface area contributed by atoms with Gasteiger partial charge in [-0.1, -0.05) is 0 Å². The molecule has 7 nitrogen and oxygen atoms in total. The van der Waals surface area contributed by atoms with E-state index in [0.29, 0.717) is 24.6 Å². The molecule has 2 amide bonds. The number of hydrazone groups is 1. The Bertz CT molecular complexity index is 833. The number of aromatic nitrogens is 2. The third-order valence-electron chi connectivity index (χ3n) is 5.07. The number of carbonyl (C=O) groups is 2. The van der Waals surface area contributed by atoms with Crippen molar-refractivity contribution in [3.05, 3.63) is 30.6 Å². The summed E-state index contributed by atoms with van der Waals surface area (Å²) in [6.07, 6.45) is 8.56. The highest BCUT2D eigenvalue weighted by Crippen LogP contribution is 2.31. The Kier molecular flexibility index (Phi) is 4.21. The van der Waals surface area contributed by atoms with E-state index in [0.717, 1.165) is 36.7 Å². The van der Waals surface area contributed by atoms with Crippen molar-refractivity contribution >= 4 is 28.6 Å². The second kappa shape index (κ2) is 6.66. The zero-order valence-electron chi connectivity index (χ0n) is 13.9. The number of nitrogens with zero attached hydrogens (tertiary/aromatic N) is 3. The number of amides is 2. The van der Waals surface area contributed by atoms with Crippen molar-refractivity contribution in [3.8, 4) is 0 Å². The van der Waals surface area contributed by atoms with Crippen LogP contribution in [0.4, 0.5) is 0 Å². The lowest BCUT2D eigenvalue weighted by Gasteiger charge is -2.30. The summed E-state index contributed by atoms with van der Waals surface area (Å²) in [6.45, 7) is 0. The van der Waals surface area contributed by atoms with Crippen molar-refractivity contribution < 1.29 is 9.59 Å². The molecular weight excluding hydrogens is 318 g/mol. The predicted molar refractivity (Wildman–Crippen MR) is 94.0 cm³/mol. The molecule has 4 rings (SSSR count). The molecule has 7 heteroatoms. The van der Waals surface area contributed by atoms with Gasteiger partial charge in [0.1, 0.15) is 11.4 Å². The number of hydrogen-bond acceptors (Lipinski definition) is 4. The van der Waals surface area contributed by atoms with Crippen LogP contribution in [0.2, 0.25) is 0 Å². The summed E-state index contributed by atoms with van der Waals surface area (Å²) >= 11 is 0. The molecule has 0 saturated heterocycles. The van der Waals surface area contributed by atoms with Crippen molar-refractivity contribution in [2.24, 2.45) is 5.10 Å². The number of rotatable bonds is 3. The molecule has 1 aliphatic carbocycles. The highest BCUT2D eigenvalue weighted by atomic mass is 16.2. The largest absolute Gasteiger partial charge is 0.348 e. The van der Waals surface area contributed by atoms with Crippen LogP contribution >= 0.6 is 0 Å². The summed E-state index contributed by atoms with van der Waals surface area (Å²) in [5.41, 5.74) is 3.82. The first kappa shape index (κ1) is 15.8. The van der Waals surface area contributed by atoms with Gasteiger partial charge < -0.3 is 9.88 Å². The maximum Gasteiger partial charge on any atom is 0.267 e. The van der Waals surface area contributed by atoms with Crippen LogP contribution in [0.1, 0.15) is 44.6 Å². The molecule has 2 aromatic rings. The zero-order chi connectivity index (χ0) is 17.2. The average Bonchev–Trinajstić information content (AvgIpc) is 3.07. The number of fused-ring (bicyclic) bond motifs is 1. The average molecular weight is 339 g/mol. The van der Waals surface area contributed by atoms with E-state index in [-0.39, 0.29) is 17.9 Å². The minimum absolute atomic E-state index is 0.135. The van der Waals surface area contributed by atoms with Gasteiger partial charge in [0.15, 0.2) is 0 Å². The van der Waals surface area contributed by atoms with Crippen LogP contribution in [0.15, 0.2) is 35.7 Å². The molecule has 2 N–H and O–H groups in total. The number of nitrogens with one attached hydrogen (secondary N) is 2. The summed E-state index contributed by atoms with van der Waals surface area (Å²) < 4.78 is 2.26. The van der Waals surface area contributed by atoms with Gasteiger partial charge in [0.25, 0.3) is 5.91 Å². The Labute approximate surface area is 145 Å². The smallest absolute Gasteiger partial charge is 0.267 e. The van der Waals surface area contributed by atoms with Gasteiger partial charge in [-0.25, -0.2) is 10.4 Å². The van der Waals surface area contributed by atoms with Gasteiger partial charge in [-0.05, 0) is 43.9 Å². The fourth-order valence-corrected chi connectivity index (χ4v) is 3.69. The first-order valence-electron chi connectivity index (χ1n) is 8.78. The Morgan fingerprint density at radius 3 is 2.80 bits per heavy atom. The highest BCUT2D eigenvalue weighted by molar-refractivity contribution is 6.39. The monoisotopic (exact) mass is 339 g/mol. The number of carbonyl (C=O) groups excluding carboxylic acids is 2. The van der Waals surface area contributed by atoms with E-state index < -0.39 is 0 Å². The predicted octanol–water partition coefficient (Wildman–Crippen LogP) is 1.90. The molecule has 3 heterocycles. The molecule has 1 aliphatic heterocycles. The van der Waals surface area contributed by atoms with Gasteiger partial charge >= 0.3 is 0 Å². The second-order valence-electron chi connectivity index (χ2n) is 6.71. The molecule has 0 aromatic carbocycles. The van der Waals surface area contributed by atoms with Crippen LogP contribution < -0.4 is 10.7 Å². The molecule has 0 spiro atoms. The normalized spacial score (nSPS) is 23.8. The lowest BCUT2D eigenvalue weighted by atomic mass is 9.90. The van der Waals surface area contributed by atoms with Crippen molar-refractivity contribution in [1.82, 2.24) is 20.3 Å². The van der Waals surface area contributed by atoms with Crippen LogP contribution in [-0.4, -0.2) is 33.1 Å². The molecule has 0 atom stereocenters. The third-order valence-corrected chi connectivity index (χ3v) is 5.07. The summed E-state index contributed by atoms with van der Waals surface area (Å²) in [5, 5.41) is 8.08. The number of pyridine rings is 1. The third kappa shape index (κ3) is 3.26. The van der Waals surface area contributed by atoms with E-state index in [9.17, 15) is 9.59 Å². The Hall–Kier alpha value is -2.70.